The molecular weight excluding hydrogens is 234 g/mol. The molecule has 1 saturated carbocycles. The lowest BCUT2D eigenvalue weighted by Gasteiger charge is -2.40. The van der Waals surface area contributed by atoms with Crippen LogP contribution < -0.4 is 5.32 Å². The van der Waals surface area contributed by atoms with E-state index in [-0.39, 0.29) is 0 Å². The van der Waals surface area contributed by atoms with Gasteiger partial charge in [0.05, 0.1) is 0 Å². The van der Waals surface area contributed by atoms with Gasteiger partial charge >= 0.3 is 0 Å². The highest BCUT2D eigenvalue weighted by Crippen LogP contribution is 2.27. The molecule has 2 saturated heterocycles. The summed E-state index contributed by atoms with van der Waals surface area (Å²) in [5, 5.41) is 3.59. The Balaban J connectivity index is 1.54. The minimum atomic E-state index is 0.768. The van der Waals surface area contributed by atoms with Gasteiger partial charge in [0, 0.05) is 38.3 Å². The predicted molar refractivity (Wildman–Crippen MR) is 80.5 cm³/mol. The van der Waals surface area contributed by atoms with Crippen molar-refractivity contribution >= 4 is 0 Å². The average molecular weight is 265 g/mol. The van der Waals surface area contributed by atoms with E-state index >= 15 is 0 Å². The van der Waals surface area contributed by atoms with Crippen LogP contribution in [0, 0.1) is 5.92 Å². The summed E-state index contributed by atoms with van der Waals surface area (Å²) in [5.41, 5.74) is 0. The van der Waals surface area contributed by atoms with Gasteiger partial charge < -0.3 is 10.2 Å². The first-order valence-corrected chi connectivity index (χ1v) is 8.50. The highest BCUT2D eigenvalue weighted by Gasteiger charge is 2.32. The van der Waals surface area contributed by atoms with Gasteiger partial charge in [-0.3, -0.25) is 4.90 Å². The smallest absolute Gasteiger partial charge is 0.0224 e. The molecule has 0 bridgehead atoms. The molecule has 3 fully saturated rings. The number of hydrogen-bond donors (Lipinski definition) is 1. The van der Waals surface area contributed by atoms with Crippen molar-refractivity contribution in [3.05, 3.63) is 0 Å². The highest BCUT2D eigenvalue weighted by atomic mass is 15.3. The third-order valence-electron chi connectivity index (χ3n) is 5.69. The van der Waals surface area contributed by atoms with Crippen LogP contribution in [0.4, 0.5) is 0 Å². The zero-order valence-electron chi connectivity index (χ0n) is 12.6. The summed E-state index contributed by atoms with van der Waals surface area (Å²) in [6, 6.07) is 1.65. The second-order valence-corrected chi connectivity index (χ2v) is 6.88. The van der Waals surface area contributed by atoms with Crippen molar-refractivity contribution < 1.29 is 0 Å². The molecule has 3 atom stereocenters. The number of fused-ring (bicyclic) bond motifs is 1. The highest BCUT2D eigenvalue weighted by molar-refractivity contribution is 4.89. The summed E-state index contributed by atoms with van der Waals surface area (Å²) in [7, 11) is 2.16. The molecule has 3 unspecified atom stereocenters. The Morgan fingerprint density at radius 1 is 0.947 bits per heavy atom. The Hall–Kier alpha value is -0.120. The third kappa shape index (κ3) is 3.32. The van der Waals surface area contributed by atoms with Gasteiger partial charge in [-0.2, -0.15) is 0 Å². The number of hydrogen-bond acceptors (Lipinski definition) is 3. The van der Waals surface area contributed by atoms with Crippen molar-refractivity contribution in [3.63, 3.8) is 0 Å². The van der Waals surface area contributed by atoms with Gasteiger partial charge in [0.1, 0.15) is 0 Å². The number of nitrogens with one attached hydrogen (secondary N) is 1. The van der Waals surface area contributed by atoms with E-state index in [1.54, 1.807) is 0 Å². The van der Waals surface area contributed by atoms with Gasteiger partial charge in [0.2, 0.25) is 0 Å². The molecule has 2 aliphatic heterocycles. The van der Waals surface area contributed by atoms with Crippen LogP contribution in [-0.2, 0) is 0 Å². The first-order valence-electron chi connectivity index (χ1n) is 8.50. The Kier molecular flexibility index (Phi) is 4.78. The third-order valence-corrected chi connectivity index (χ3v) is 5.69. The molecule has 3 nitrogen and oxygen atoms in total. The Labute approximate surface area is 118 Å². The zero-order chi connectivity index (χ0) is 13.1. The van der Waals surface area contributed by atoms with Crippen molar-refractivity contribution in [1.82, 2.24) is 15.1 Å². The Morgan fingerprint density at radius 2 is 1.84 bits per heavy atom. The van der Waals surface area contributed by atoms with E-state index in [9.17, 15) is 0 Å². The van der Waals surface area contributed by atoms with E-state index < -0.39 is 0 Å². The van der Waals surface area contributed by atoms with Gasteiger partial charge in [-0.25, -0.2) is 0 Å². The van der Waals surface area contributed by atoms with Gasteiger partial charge in [-0.15, -0.1) is 0 Å². The van der Waals surface area contributed by atoms with E-state index in [2.05, 4.69) is 22.2 Å². The molecule has 3 heteroatoms. The molecule has 110 valence electrons. The summed E-state index contributed by atoms with van der Waals surface area (Å²) in [4.78, 5) is 5.49. The van der Waals surface area contributed by atoms with Crippen molar-refractivity contribution in [2.24, 2.45) is 5.92 Å². The summed E-state index contributed by atoms with van der Waals surface area (Å²) in [6.45, 7) is 6.68. The summed E-state index contributed by atoms with van der Waals surface area (Å²) >= 11 is 0. The van der Waals surface area contributed by atoms with Crippen LogP contribution in [0.2, 0.25) is 0 Å². The maximum Gasteiger partial charge on any atom is 0.0224 e. The first kappa shape index (κ1) is 13.8. The van der Waals surface area contributed by atoms with Crippen molar-refractivity contribution in [3.8, 4) is 0 Å². The second-order valence-electron chi connectivity index (χ2n) is 6.88. The molecule has 3 aliphatic rings. The maximum atomic E-state index is 3.59. The number of rotatable bonds is 3. The van der Waals surface area contributed by atoms with Crippen LogP contribution in [-0.4, -0.2) is 61.7 Å². The lowest BCUT2D eigenvalue weighted by atomic mass is 9.93. The molecule has 0 aromatic heterocycles. The van der Waals surface area contributed by atoms with Crippen LogP contribution in [0.3, 0.4) is 0 Å². The lowest BCUT2D eigenvalue weighted by molar-refractivity contribution is 0.0844. The molecule has 2 heterocycles. The quantitative estimate of drug-likeness (QED) is 0.787. The predicted octanol–water partition coefficient (Wildman–Crippen LogP) is 1.93. The molecular formula is C16H31N3. The van der Waals surface area contributed by atoms with Crippen LogP contribution in [0.1, 0.15) is 44.9 Å². The SMILES string of the molecule is CNC1CCCCCC1CN1CCN2CCCC2C1. The van der Waals surface area contributed by atoms with Crippen molar-refractivity contribution in [2.75, 3.05) is 39.8 Å². The zero-order valence-corrected chi connectivity index (χ0v) is 12.6. The van der Waals surface area contributed by atoms with Gasteiger partial charge in [-0.1, -0.05) is 19.3 Å². The van der Waals surface area contributed by atoms with Crippen LogP contribution in [0.25, 0.3) is 0 Å². The molecule has 1 aliphatic carbocycles. The summed E-state index contributed by atoms with van der Waals surface area (Å²) in [5.74, 6) is 0.889. The summed E-state index contributed by atoms with van der Waals surface area (Å²) in [6.07, 6.45) is 10.0. The van der Waals surface area contributed by atoms with Gasteiger partial charge in [0.15, 0.2) is 0 Å². The van der Waals surface area contributed by atoms with E-state index in [0.29, 0.717) is 0 Å². The van der Waals surface area contributed by atoms with Crippen LogP contribution >= 0.6 is 0 Å². The van der Waals surface area contributed by atoms with Crippen LogP contribution in [0.5, 0.6) is 0 Å². The maximum absolute atomic E-state index is 3.59. The van der Waals surface area contributed by atoms with E-state index in [1.165, 1.54) is 77.7 Å². The minimum Gasteiger partial charge on any atom is -0.317 e. The number of nitrogens with zero attached hydrogens (tertiary/aromatic N) is 2. The minimum absolute atomic E-state index is 0.768. The molecule has 3 rings (SSSR count). The van der Waals surface area contributed by atoms with Crippen molar-refractivity contribution in [2.45, 2.75) is 57.0 Å². The van der Waals surface area contributed by atoms with Crippen LogP contribution in [0.15, 0.2) is 0 Å². The molecule has 1 N–H and O–H groups in total. The molecule has 0 aromatic carbocycles. The van der Waals surface area contributed by atoms with Gasteiger partial charge in [0.25, 0.3) is 0 Å². The topological polar surface area (TPSA) is 18.5 Å². The molecule has 0 amide bonds. The molecule has 0 radical (unpaired) electrons. The summed E-state index contributed by atoms with van der Waals surface area (Å²) < 4.78 is 0. The van der Waals surface area contributed by atoms with E-state index in [0.717, 1.165) is 18.0 Å². The Bertz CT molecular complexity index is 281. The Morgan fingerprint density at radius 3 is 2.74 bits per heavy atom. The van der Waals surface area contributed by atoms with E-state index in [4.69, 9.17) is 0 Å². The lowest BCUT2D eigenvalue weighted by Crippen LogP contribution is -2.52. The van der Waals surface area contributed by atoms with E-state index in [1.807, 2.05) is 0 Å². The standard InChI is InChI=1S/C16H31N3/c1-17-16-8-4-2-3-6-14(16)12-18-10-11-19-9-5-7-15(19)13-18/h14-17H,2-13H2,1H3. The molecule has 0 aromatic rings. The fourth-order valence-electron chi connectivity index (χ4n) is 4.54. The fourth-order valence-corrected chi connectivity index (χ4v) is 4.54. The molecule has 19 heavy (non-hydrogen) atoms. The normalized spacial score (nSPS) is 38.1. The first-order chi connectivity index (χ1) is 9.36. The second kappa shape index (κ2) is 6.55. The van der Waals surface area contributed by atoms with Gasteiger partial charge in [-0.05, 0) is 45.2 Å². The average Bonchev–Trinajstić information content (AvgIpc) is 2.78. The van der Waals surface area contributed by atoms with Crippen molar-refractivity contribution in [1.29, 1.82) is 0 Å². The monoisotopic (exact) mass is 265 g/mol. The number of piperazine rings is 1. The fraction of sp³-hybridized carbons (Fsp3) is 1.00. The molecule has 0 spiro atoms. The largest absolute Gasteiger partial charge is 0.317 e.